The van der Waals surface area contributed by atoms with Crippen molar-refractivity contribution in [2.24, 2.45) is 0 Å². The molecule has 0 saturated heterocycles. The van der Waals surface area contributed by atoms with E-state index in [1.807, 2.05) is 19.1 Å². The largest absolute Gasteiger partial charge is 0.467 e. The Morgan fingerprint density at radius 2 is 1.90 bits per heavy atom. The third-order valence-corrected chi connectivity index (χ3v) is 6.68. The first-order valence-corrected chi connectivity index (χ1v) is 9.54. The lowest BCUT2D eigenvalue weighted by Crippen LogP contribution is -2.52. The van der Waals surface area contributed by atoms with Crippen LogP contribution in [0.25, 0.3) is 0 Å². The minimum absolute atomic E-state index is 0.253. The highest BCUT2D eigenvalue weighted by Crippen LogP contribution is 2.24. The number of halogens is 3. The molecule has 1 amide bonds. The number of ether oxygens (including phenoxy) is 1. The number of carbonyl (C=O) groups excluding carboxylic acids is 2. The molecule has 0 aliphatic rings. The molecule has 1 aromatic rings. The molecule has 21 heavy (non-hydrogen) atoms. The fraction of sp³-hybridized carbons (Fsp3) is 0.429. The fourth-order valence-electron chi connectivity index (χ4n) is 1.98. The van der Waals surface area contributed by atoms with Crippen LogP contribution in [-0.2, 0) is 9.53 Å². The summed E-state index contributed by atoms with van der Waals surface area (Å²) in [6, 6.07) is 3.83. The van der Waals surface area contributed by atoms with Crippen molar-refractivity contribution in [3.63, 3.8) is 0 Å². The van der Waals surface area contributed by atoms with E-state index in [1.54, 1.807) is 6.92 Å². The van der Waals surface area contributed by atoms with Gasteiger partial charge in [-0.2, -0.15) is 0 Å². The van der Waals surface area contributed by atoms with Gasteiger partial charge in [0.2, 0.25) is 0 Å². The molecule has 0 aliphatic carbocycles. The summed E-state index contributed by atoms with van der Waals surface area (Å²) in [7, 11) is 1.33. The lowest BCUT2D eigenvalue weighted by atomic mass is 9.95. The summed E-state index contributed by atoms with van der Waals surface area (Å²) in [5.74, 6) is -0.676. The van der Waals surface area contributed by atoms with E-state index < -0.39 is 11.5 Å². The number of esters is 1. The fourth-order valence-corrected chi connectivity index (χ4v) is 4.38. The Morgan fingerprint density at radius 1 is 1.29 bits per heavy atom. The molecule has 0 radical (unpaired) electrons. The van der Waals surface area contributed by atoms with Gasteiger partial charge in [-0.05, 0) is 93.2 Å². The van der Waals surface area contributed by atoms with Crippen molar-refractivity contribution in [3.05, 3.63) is 28.4 Å². The molecular formula is C14H16I3NO3. The van der Waals surface area contributed by atoms with Crippen LogP contribution in [0.1, 0.15) is 37.0 Å². The first-order valence-electron chi connectivity index (χ1n) is 6.30. The average Bonchev–Trinajstić information content (AvgIpc) is 2.41. The molecule has 1 rings (SSSR count). The highest BCUT2D eigenvalue weighted by molar-refractivity contribution is 14.1. The lowest BCUT2D eigenvalue weighted by molar-refractivity contribution is -0.147. The van der Waals surface area contributed by atoms with E-state index >= 15 is 0 Å². The van der Waals surface area contributed by atoms with Gasteiger partial charge in [0.1, 0.15) is 5.54 Å². The van der Waals surface area contributed by atoms with E-state index in [0.717, 1.165) is 17.1 Å². The average molecular weight is 627 g/mol. The van der Waals surface area contributed by atoms with E-state index in [2.05, 4.69) is 73.1 Å². The summed E-state index contributed by atoms with van der Waals surface area (Å²) in [5.41, 5.74) is -0.422. The second-order valence-electron chi connectivity index (χ2n) is 4.78. The summed E-state index contributed by atoms with van der Waals surface area (Å²) in [5, 5.41) is 2.83. The summed E-state index contributed by atoms with van der Waals surface area (Å²) < 4.78 is 7.71. The van der Waals surface area contributed by atoms with Gasteiger partial charge in [0.15, 0.2) is 0 Å². The Bertz CT molecular complexity index is 563. The van der Waals surface area contributed by atoms with Crippen molar-refractivity contribution >= 4 is 79.6 Å². The lowest BCUT2D eigenvalue weighted by Gasteiger charge is -2.27. The number of carbonyl (C=O) groups is 2. The predicted octanol–water partition coefficient (Wildman–Crippen LogP) is 3.96. The maximum absolute atomic E-state index is 12.6. The second kappa shape index (κ2) is 8.27. The Labute approximate surface area is 165 Å². The van der Waals surface area contributed by atoms with Crippen LogP contribution < -0.4 is 5.32 Å². The van der Waals surface area contributed by atoms with Gasteiger partial charge in [-0.25, -0.2) is 4.79 Å². The van der Waals surface area contributed by atoms with E-state index in [-0.39, 0.29) is 5.91 Å². The highest BCUT2D eigenvalue weighted by Gasteiger charge is 2.35. The molecule has 0 fully saturated rings. The van der Waals surface area contributed by atoms with Crippen LogP contribution in [0.4, 0.5) is 0 Å². The smallest absolute Gasteiger partial charge is 0.331 e. The Kier molecular flexibility index (Phi) is 7.64. The van der Waals surface area contributed by atoms with E-state index in [4.69, 9.17) is 4.74 Å². The monoisotopic (exact) mass is 627 g/mol. The van der Waals surface area contributed by atoms with Crippen LogP contribution in [0.15, 0.2) is 12.1 Å². The van der Waals surface area contributed by atoms with Crippen LogP contribution in [0.2, 0.25) is 0 Å². The minimum atomic E-state index is -1.00. The van der Waals surface area contributed by atoms with Crippen molar-refractivity contribution in [1.82, 2.24) is 5.32 Å². The number of rotatable bonds is 5. The number of benzene rings is 1. The molecule has 0 spiro atoms. The van der Waals surface area contributed by atoms with E-state index in [1.165, 1.54) is 7.11 Å². The zero-order chi connectivity index (χ0) is 16.2. The quantitative estimate of drug-likeness (QED) is 0.306. The number of methoxy groups -OCH3 is 1. The normalized spacial score (nSPS) is 13.4. The highest BCUT2D eigenvalue weighted by atomic mass is 127. The Morgan fingerprint density at radius 3 is 2.43 bits per heavy atom. The number of hydrogen-bond acceptors (Lipinski definition) is 3. The maximum atomic E-state index is 12.6. The first-order chi connectivity index (χ1) is 9.75. The molecule has 0 bridgehead atoms. The summed E-state index contributed by atoms with van der Waals surface area (Å²) in [6.07, 6.45) is 1.30. The van der Waals surface area contributed by atoms with Gasteiger partial charge >= 0.3 is 5.97 Å². The zero-order valence-corrected chi connectivity index (χ0v) is 18.4. The van der Waals surface area contributed by atoms with E-state index in [9.17, 15) is 9.59 Å². The molecular weight excluding hydrogens is 611 g/mol. The van der Waals surface area contributed by atoms with Crippen molar-refractivity contribution in [2.45, 2.75) is 32.2 Å². The first kappa shape index (κ1) is 19.4. The number of hydrogen-bond donors (Lipinski definition) is 1. The molecule has 1 atom stereocenters. The van der Waals surface area contributed by atoms with Crippen LogP contribution in [0.5, 0.6) is 0 Å². The molecule has 7 heteroatoms. The van der Waals surface area contributed by atoms with Crippen LogP contribution in [-0.4, -0.2) is 24.5 Å². The van der Waals surface area contributed by atoms with Crippen LogP contribution in [0.3, 0.4) is 0 Å². The van der Waals surface area contributed by atoms with Gasteiger partial charge in [-0.3, -0.25) is 4.79 Å². The molecule has 1 N–H and O–H groups in total. The van der Waals surface area contributed by atoms with Gasteiger partial charge in [-0.1, -0.05) is 13.3 Å². The molecule has 1 unspecified atom stereocenters. The molecule has 0 aromatic heterocycles. The number of nitrogens with one attached hydrogen (secondary N) is 1. The molecule has 116 valence electrons. The Hall–Kier alpha value is 0.350. The summed E-state index contributed by atoms with van der Waals surface area (Å²) in [4.78, 5) is 24.5. The molecule has 4 nitrogen and oxygen atoms in total. The van der Waals surface area contributed by atoms with Gasteiger partial charge in [0.05, 0.1) is 12.7 Å². The zero-order valence-electron chi connectivity index (χ0n) is 11.9. The van der Waals surface area contributed by atoms with Crippen LogP contribution >= 0.6 is 67.8 Å². The number of amides is 1. The maximum Gasteiger partial charge on any atom is 0.331 e. The molecule has 0 aliphatic heterocycles. The van der Waals surface area contributed by atoms with Gasteiger partial charge in [0.25, 0.3) is 5.91 Å². The molecule has 0 heterocycles. The molecule has 1 aromatic carbocycles. The van der Waals surface area contributed by atoms with Crippen molar-refractivity contribution in [2.75, 3.05) is 7.11 Å². The van der Waals surface area contributed by atoms with Gasteiger partial charge in [0, 0.05) is 10.7 Å². The van der Waals surface area contributed by atoms with Crippen LogP contribution in [0, 0.1) is 10.7 Å². The summed E-state index contributed by atoms with van der Waals surface area (Å²) in [6.45, 7) is 3.66. The van der Waals surface area contributed by atoms with Crippen molar-refractivity contribution in [3.8, 4) is 0 Å². The second-order valence-corrected chi connectivity index (χ2v) is 8.26. The third-order valence-electron chi connectivity index (χ3n) is 3.01. The standard InChI is InChI=1S/C14H16I3NO3/c1-4-5-14(2,13(20)21-3)18-12(19)9-6-8(15)7-10(16)11(9)17/h6-7H,4-5H2,1-3H3,(H,18,19). The third kappa shape index (κ3) is 4.91. The SMILES string of the molecule is CCCC(C)(NC(=O)c1cc(I)cc(I)c1I)C(=O)OC. The van der Waals surface area contributed by atoms with Gasteiger partial charge in [-0.15, -0.1) is 0 Å². The molecule has 0 saturated carbocycles. The predicted molar refractivity (Wildman–Crippen MR) is 107 cm³/mol. The Balaban J connectivity index is 3.11. The van der Waals surface area contributed by atoms with Gasteiger partial charge < -0.3 is 10.1 Å². The van der Waals surface area contributed by atoms with Crippen molar-refractivity contribution in [1.29, 1.82) is 0 Å². The minimum Gasteiger partial charge on any atom is -0.467 e. The topological polar surface area (TPSA) is 55.4 Å². The van der Waals surface area contributed by atoms with Crippen molar-refractivity contribution < 1.29 is 14.3 Å². The summed E-state index contributed by atoms with van der Waals surface area (Å²) >= 11 is 6.52. The van der Waals surface area contributed by atoms with E-state index in [0.29, 0.717) is 12.0 Å².